The van der Waals surface area contributed by atoms with E-state index in [0.29, 0.717) is 12.5 Å². The van der Waals surface area contributed by atoms with Gasteiger partial charge in [-0.3, -0.25) is 5.41 Å². The van der Waals surface area contributed by atoms with Crippen molar-refractivity contribution in [2.75, 3.05) is 13.2 Å². The number of ether oxygens (including phenoxy) is 1. The fourth-order valence-electron chi connectivity index (χ4n) is 0.501. The predicted molar refractivity (Wildman–Crippen MR) is 42.2 cm³/mol. The molecule has 0 aromatic rings. The molecule has 0 saturated heterocycles. The van der Waals surface area contributed by atoms with E-state index in [9.17, 15) is 0 Å². The average Bonchev–Trinajstić information content (AvgIpc) is 1.79. The molecule has 3 heteroatoms. The highest BCUT2D eigenvalue weighted by Gasteiger charge is 1.93. The van der Waals surface area contributed by atoms with Crippen LogP contribution in [-0.2, 0) is 4.74 Å². The second-order valence-electron chi connectivity index (χ2n) is 2.76. The first-order valence-corrected chi connectivity index (χ1v) is 3.53. The number of hydrogen-bond acceptors (Lipinski definition) is 2. The molecular formula is C7H16N2O. The van der Waals surface area contributed by atoms with Gasteiger partial charge in [-0.25, -0.2) is 0 Å². The van der Waals surface area contributed by atoms with Crippen molar-refractivity contribution in [2.24, 2.45) is 11.7 Å². The first-order chi connectivity index (χ1) is 4.63. The maximum atomic E-state index is 6.83. The van der Waals surface area contributed by atoms with Crippen LogP contribution in [0, 0.1) is 11.3 Å². The molecule has 0 aliphatic heterocycles. The summed E-state index contributed by atoms with van der Waals surface area (Å²) in [5.41, 5.74) is 5.07. The Morgan fingerprint density at radius 1 is 1.60 bits per heavy atom. The third-order valence-corrected chi connectivity index (χ3v) is 1.10. The first-order valence-electron chi connectivity index (χ1n) is 3.53. The van der Waals surface area contributed by atoms with Crippen LogP contribution in [0.4, 0.5) is 0 Å². The summed E-state index contributed by atoms with van der Waals surface area (Å²) < 4.78 is 5.06. The van der Waals surface area contributed by atoms with Gasteiger partial charge in [-0.15, -0.1) is 0 Å². The molecule has 3 nitrogen and oxygen atoms in total. The number of nitrogens with two attached hydrogens (primary N) is 1. The van der Waals surface area contributed by atoms with Crippen molar-refractivity contribution in [1.82, 2.24) is 0 Å². The number of rotatable bonds is 5. The van der Waals surface area contributed by atoms with E-state index in [4.69, 9.17) is 15.9 Å². The SMILES string of the molecule is CC(C)CCOCC(=N)N. The topological polar surface area (TPSA) is 59.1 Å². The van der Waals surface area contributed by atoms with Crippen LogP contribution in [0.25, 0.3) is 0 Å². The van der Waals surface area contributed by atoms with Crippen LogP contribution in [0.5, 0.6) is 0 Å². The quantitative estimate of drug-likeness (QED) is 0.343. The summed E-state index contributed by atoms with van der Waals surface area (Å²) in [5.74, 6) is 0.760. The molecule has 0 aliphatic carbocycles. The standard InChI is InChI=1S/C7H16N2O/c1-6(2)3-4-10-5-7(8)9/h6H,3-5H2,1-2H3,(H3,8,9). The van der Waals surface area contributed by atoms with Crippen molar-refractivity contribution >= 4 is 5.84 Å². The molecule has 0 amide bonds. The highest BCUT2D eigenvalue weighted by Crippen LogP contribution is 1.97. The van der Waals surface area contributed by atoms with Gasteiger partial charge in [-0.2, -0.15) is 0 Å². The molecule has 0 spiro atoms. The molecule has 0 radical (unpaired) electrons. The van der Waals surface area contributed by atoms with E-state index < -0.39 is 0 Å². The average molecular weight is 144 g/mol. The van der Waals surface area contributed by atoms with Gasteiger partial charge in [-0.1, -0.05) is 13.8 Å². The van der Waals surface area contributed by atoms with Crippen molar-refractivity contribution < 1.29 is 4.74 Å². The maximum absolute atomic E-state index is 6.83. The van der Waals surface area contributed by atoms with Gasteiger partial charge in [0, 0.05) is 6.61 Å². The lowest BCUT2D eigenvalue weighted by Crippen LogP contribution is -2.17. The minimum atomic E-state index is 0.101. The van der Waals surface area contributed by atoms with Gasteiger partial charge in [0.25, 0.3) is 0 Å². The molecule has 3 N–H and O–H groups in total. The Balaban J connectivity index is 2.98. The van der Waals surface area contributed by atoms with Crippen LogP contribution in [0.3, 0.4) is 0 Å². The molecule has 0 heterocycles. The van der Waals surface area contributed by atoms with E-state index >= 15 is 0 Å². The fraction of sp³-hybridized carbons (Fsp3) is 0.857. The minimum absolute atomic E-state index is 0.101. The fourth-order valence-corrected chi connectivity index (χ4v) is 0.501. The van der Waals surface area contributed by atoms with Crippen molar-refractivity contribution in [3.8, 4) is 0 Å². The molecule has 0 saturated carbocycles. The highest BCUT2D eigenvalue weighted by molar-refractivity contribution is 5.78. The van der Waals surface area contributed by atoms with Crippen molar-refractivity contribution in [3.63, 3.8) is 0 Å². The Kier molecular flexibility index (Phi) is 4.94. The lowest BCUT2D eigenvalue weighted by molar-refractivity contribution is 0.157. The van der Waals surface area contributed by atoms with E-state index in [-0.39, 0.29) is 12.4 Å². The van der Waals surface area contributed by atoms with Gasteiger partial charge >= 0.3 is 0 Å². The summed E-state index contributed by atoms with van der Waals surface area (Å²) in [6.07, 6.45) is 1.04. The molecule has 0 unspecified atom stereocenters. The molecule has 0 bridgehead atoms. The van der Waals surface area contributed by atoms with Gasteiger partial charge in [0.1, 0.15) is 12.4 Å². The van der Waals surface area contributed by atoms with Crippen LogP contribution in [-0.4, -0.2) is 19.0 Å². The number of nitrogens with one attached hydrogen (secondary N) is 1. The normalized spacial score (nSPS) is 10.3. The van der Waals surface area contributed by atoms with E-state index in [1.54, 1.807) is 0 Å². The zero-order valence-electron chi connectivity index (χ0n) is 6.68. The summed E-state index contributed by atoms with van der Waals surface area (Å²) in [6, 6.07) is 0. The molecule has 0 aromatic carbocycles. The molecule has 0 aromatic heterocycles. The van der Waals surface area contributed by atoms with E-state index in [1.165, 1.54) is 0 Å². The lowest BCUT2D eigenvalue weighted by atomic mass is 10.1. The summed E-state index contributed by atoms with van der Waals surface area (Å²) in [7, 11) is 0. The van der Waals surface area contributed by atoms with E-state index in [0.717, 1.165) is 6.42 Å². The molecular weight excluding hydrogens is 128 g/mol. The van der Waals surface area contributed by atoms with Gasteiger partial charge in [-0.05, 0) is 12.3 Å². The Morgan fingerprint density at radius 2 is 2.20 bits per heavy atom. The first kappa shape index (κ1) is 9.43. The van der Waals surface area contributed by atoms with E-state index in [2.05, 4.69) is 13.8 Å². The monoisotopic (exact) mass is 144 g/mol. The molecule has 60 valence electrons. The lowest BCUT2D eigenvalue weighted by Gasteiger charge is -2.04. The largest absolute Gasteiger partial charge is 0.386 e. The van der Waals surface area contributed by atoms with Crippen molar-refractivity contribution in [2.45, 2.75) is 20.3 Å². The summed E-state index contributed by atoms with van der Waals surface area (Å²) in [4.78, 5) is 0. The zero-order chi connectivity index (χ0) is 7.98. The van der Waals surface area contributed by atoms with Gasteiger partial charge in [0.05, 0.1) is 0 Å². The van der Waals surface area contributed by atoms with Crippen molar-refractivity contribution in [3.05, 3.63) is 0 Å². The molecule has 0 rings (SSSR count). The van der Waals surface area contributed by atoms with Crippen LogP contribution in [0.1, 0.15) is 20.3 Å². The predicted octanol–water partition coefficient (Wildman–Crippen LogP) is 0.985. The van der Waals surface area contributed by atoms with Gasteiger partial charge in [0.15, 0.2) is 0 Å². The minimum Gasteiger partial charge on any atom is -0.386 e. The molecule has 0 atom stereocenters. The molecule has 10 heavy (non-hydrogen) atoms. The Labute approximate surface area is 62.1 Å². The zero-order valence-corrected chi connectivity index (χ0v) is 6.68. The smallest absolute Gasteiger partial charge is 0.117 e. The van der Waals surface area contributed by atoms with Gasteiger partial charge < -0.3 is 10.5 Å². The summed E-state index contributed by atoms with van der Waals surface area (Å²) in [5, 5.41) is 6.83. The second kappa shape index (κ2) is 5.23. The second-order valence-corrected chi connectivity index (χ2v) is 2.76. The maximum Gasteiger partial charge on any atom is 0.117 e. The van der Waals surface area contributed by atoms with Crippen LogP contribution < -0.4 is 5.73 Å². The van der Waals surface area contributed by atoms with Crippen LogP contribution in [0.2, 0.25) is 0 Å². The van der Waals surface area contributed by atoms with Crippen molar-refractivity contribution in [1.29, 1.82) is 5.41 Å². The summed E-state index contributed by atoms with van der Waals surface area (Å²) >= 11 is 0. The molecule has 0 aliphatic rings. The van der Waals surface area contributed by atoms with Crippen LogP contribution >= 0.6 is 0 Å². The Morgan fingerprint density at radius 3 is 2.60 bits per heavy atom. The number of hydrogen-bond donors (Lipinski definition) is 2. The van der Waals surface area contributed by atoms with Gasteiger partial charge in [0.2, 0.25) is 0 Å². The Bertz CT molecular complexity index is 102. The number of amidine groups is 1. The molecule has 0 fully saturated rings. The third-order valence-electron chi connectivity index (χ3n) is 1.10. The summed E-state index contributed by atoms with van der Waals surface area (Å²) in [6.45, 7) is 5.25. The Hall–Kier alpha value is -0.570. The third kappa shape index (κ3) is 7.43. The highest BCUT2D eigenvalue weighted by atomic mass is 16.5. The van der Waals surface area contributed by atoms with Crippen LogP contribution in [0.15, 0.2) is 0 Å². The van der Waals surface area contributed by atoms with E-state index in [1.807, 2.05) is 0 Å².